The van der Waals surface area contributed by atoms with Gasteiger partial charge in [-0.15, -0.1) is 9.24 Å². The summed E-state index contributed by atoms with van der Waals surface area (Å²) < 4.78 is 2.92. The van der Waals surface area contributed by atoms with Crippen LogP contribution >= 0.6 is 73.0 Å². The molecule has 0 aliphatic heterocycles. The first kappa shape index (κ1) is 19.7. The summed E-state index contributed by atoms with van der Waals surface area (Å²) in [6, 6.07) is 7.35. The van der Waals surface area contributed by atoms with Crippen molar-refractivity contribution in [2.45, 2.75) is 24.9 Å². The van der Waals surface area contributed by atoms with Gasteiger partial charge in [0.2, 0.25) is 0 Å². The number of hydrogen-bond acceptors (Lipinski definition) is 2. The van der Waals surface area contributed by atoms with E-state index >= 15 is 0 Å². The SMILES string of the molecule is CC(C)(P)C(c1cc(Br)cc(Br)c1O)c1cc(Br)cc(Br)c1O. The third-order valence-electron chi connectivity index (χ3n) is 3.48. The molecule has 0 spiro atoms. The summed E-state index contributed by atoms with van der Waals surface area (Å²) in [5, 5.41) is 20.8. The van der Waals surface area contributed by atoms with Crippen molar-refractivity contribution >= 4 is 73.0 Å². The van der Waals surface area contributed by atoms with Gasteiger partial charge in [0.25, 0.3) is 0 Å². The van der Waals surface area contributed by atoms with Crippen LogP contribution in [0.25, 0.3) is 0 Å². The maximum absolute atomic E-state index is 10.6. The van der Waals surface area contributed by atoms with Gasteiger partial charge in [0.05, 0.1) is 8.95 Å². The number of aromatic hydroxyl groups is 2. The summed E-state index contributed by atoms with van der Waals surface area (Å²) in [6.07, 6.45) is 0. The molecule has 2 rings (SSSR count). The Kier molecular flexibility index (Phi) is 6.28. The number of phenols is 2. The minimum absolute atomic E-state index is 0.171. The van der Waals surface area contributed by atoms with Crippen molar-refractivity contribution in [3.8, 4) is 11.5 Å². The summed E-state index contributed by atoms with van der Waals surface area (Å²) in [5.74, 6) is 0.101. The van der Waals surface area contributed by atoms with Crippen LogP contribution in [0.5, 0.6) is 11.5 Å². The third-order valence-corrected chi connectivity index (χ3v) is 5.94. The smallest absolute Gasteiger partial charge is 0.133 e. The van der Waals surface area contributed by atoms with Crippen molar-refractivity contribution in [3.63, 3.8) is 0 Å². The van der Waals surface area contributed by atoms with Gasteiger partial charge in [-0.25, -0.2) is 0 Å². The van der Waals surface area contributed by atoms with E-state index in [1.165, 1.54) is 0 Å². The molecule has 7 heteroatoms. The standard InChI is InChI=1S/C16H15Br4O2P/c1-16(2,23)13(9-3-7(17)5-11(19)14(9)21)10-4-8(18)6-12(20)15(10)22/h3-6,13,21-22H,23H2,1-2H3. The maximum Gasteiger partial charge on any atom is 0.133 e. The molecule has 124 valence electrons. The number of rotatable bonds is 3. The van der Waals surface area contributed by atoms with Crippen molar-refractivity contribution in [3.05, 3.63) is 53.3 Å². The van der Waals surface area contributed by atoms with E-state index < -0.39 is 0 Å². The second-order valence-corrected chi connectivity index (χ2v) is 10.9. The maximum atomic E-state index is 10.6. The van der Waals surface area contributed by atoms with Crippen LogP contribution in [-0.2, 0) is 0 Å². The molecule has 2 N–H and O–H groups in total. The first-order chi connectivity index (χ1) is 10.5. The van der Waals surface area contributed by atoms with E-state index in [1.54, 1.807) is 12.1 Å². The van der Waals surface area contributed by atoms with Gasteiger partial charge < -0.3 is 10.2 Å². The van der Waals surface area contributed by atoms with E-state index in [-0.39, 0.29) is 22.6 Å². The van der Waals surface area contributed by atoms with Crippen LogP contribution in [0.2, 0.25) is 0 Å². The van der Waals surface area contributed by atoms with E-state index in [9.17, 15) is 10.2 Å². The van der Waals surface area contributed by atoms with Crippen LogP contribution in [0.3, 0.4) is 0 Å². The molecular formula is C16H15Br4O2P. The van der Waals surface area contributed by atoms with Gasteiger partial charge in [0.15, 0.2) is 0 Å². The Morgan fingerprint density at radius 1 is 0.826 bits per heavy atom. The average Bonchev–Trinajstić information content (AvgIpc) is 2.39. The number of phenolic OH excluding ortho intramolecular Hbond substituents is 2. The Morgan fingerprint density at radius 2 is 1.17 bits per heavy atom. The highest BCUT2D eigenvalue weighted by molar-refractivity contribution is 9.11. The molecule has 0 radical (unpaired) electrons. The molecule has 2 nitrogen and oxygen atoms in total. The van der Waals surface area contributed by atoms with E-state index in [2.05, 4.69) is 73.0 Å². The summed E-state index contributed by atoms with van der Waals surface area (Å²) in [7, 11) is 2.80. The molecule has 0 saturated carbocycles. The molecule has 0 saturated heterocycles. The molecular weight excluding hydrogens is 575 g/mol. The fraction of sp³-hybridized carbons (Fsp3) is 0.250. The van der Waals surface area contributed by atoms with E-state index in [1.807, 2.05) is 26.0 Å². The zero-order chi connectivity index (χ0) is 17.5. The third kappa shape index (κ3) is 4.33. The quantitative estimate of drug-likeness (QED) is 0.381. The molecule has 1 atom stereocenters. The van der Waals surface area contributed by atoms with E-state index in [0.29, 0.717) is 8.95 Å². The zero-order valence-corrected chi connectivity index (χ0v) is 19.9. The Morgan fingerprint density at radius 3 is 1.48 bits per heavy atom. The van der Waals surface area contributed by atoms with Crippen molar-refractivity contribution in [2.24, 2.45) is 0 Å². The minimum atomic E-state index is -0.310. The van der Waals surface area contributed by atoms with Gasteiger partial charge in [0.1, 0.15) is 11.5 Å². The molecule has 0 bridgehead atoms. The second-order valence-electron chi connectivity index (χ2n) is 5.91. The van der Waals surface area contributed by atoms with Crippen LogP contribution < -0.4 is 0 Å². The molecule has 23 heavy (non-hydrogen) atoms. The Balaban J connectivity index is 2.80. The summed E-state index contributed by atoms with van der Waals surface area (Å²) in [5.41, 5.74) is 1.46. The second kappa shape index (κ2) is 7.33. The molecule has 0 aliphatic rings. The molecule has 0 heterocycles. The van der Waals surface area contributed by atoms with Crippen molar-refractivity contribution in [1.82, 2.24) is 0 Å². The predicted octanol–water partition coefficient (Wildman–Crippen LogP) is 6.93. The summed E-state index contributed by atoms with van der Waals surface area (Å²) in [4.78, 5) is 0. The molecule has 0 amide bonds. The normalized spacial score (nSPS) is 12.0. The largest absolute Gasteiger partial charge is 0.506 e. The molecule has 0 aliphatic carbocycles. The summed E-state index contributed by atoms with van der Waals surface area (Å²) >= 11 is 13.7. The van der Waals surface area contributed by atoms with Gasteiger partial charge in [0, 0.05) is 26.0 Å². The monoisotopic (exact) mass is 586 g/mol. The lowest BCUT2D eigenvalue weighted by Crippen LogP contribution is -2.23. The first-order valence-electron chi connectivity index (χ1n) is 6.67. The highest BCUT2D eigenvalue weighted by Crippen LogP contribution is 2.50. The van der Waals surface area contributed by atoms with Crippen LogP contribution in [-0.4, -0.2) is 15.4 Å². The zero-order valence-electron chi connectivity index (χ0n) is 12.4. The first-order valence-corrected chi connectivity index (χ1v) is 10.4. The Hall–Kier alpha value is 0.390. The highest BCUT2D eigenvalue weighted by atomic mass is 79.9. The van der Waals surface area contributed by atoms with Gasteiger partial charge in [-0.2, -0.15) is 0 Å². The lowest BCUT2D eigenvalue weighted by Gasteiger charge is -2.33. The predicted molar refractivity (Wildman–Crippen MR) is 113 cm³/mol. The van der Waals surface area contributed by atoms with Crippen molar-refractivity contribution < 1.29 is 10.2 Å². The molecule has 2 aromatic rings. The van der Waals surface area contributed by atoms with Crippen LogP contribution in [0.4, 0.5) is 0 Å². The van der Waals surface area contributed by atoms with Gasteiger partial charge in [-0.1, -0.05) is 45.7 Å². The summed E-state index contributed by atoms with van der Waals surface area (Å²) in [6.45, 7) is 4.09. The van der Waals surface area contributed by atoms with Crippen molar-refractivity contribution in [1.29, 1.82) is 0 Å². The van der Waals surface area contributed by atoms with E-state index in [4.69, 9.17) is 0 Å². The van der Waals surface area contributed by atoms with Crippen LogP contribution in [0.15, 0.2) is 42.2 Å². The molecule has 1 unspecified atom stereocenters. The Bertz CT molecular complexity index is 699. The Labute approximate surface area is 171 Å². The lowest BCUT2D eigenvalue weighted by atomic mass is 9.81. The lowest BCUT2D eigenvalue weighted by molar-refractivity contribution is 0.439. The highest BCUT2D eigenvalue weighted by Gasteiger charge is 2.33. The van der Waals surface area contributed by atoms with Gasteiger partial charge >= 0.3 is 0 Å². The fourth-order valence-corrected chi connectivity index (χ4v) is 5.46. The average molecular weight is 590 g/mol. The van der Waals surface area contributed by atoms with E-state index in [0.717, 1.165) is 20.1 Å². The van der Waals surface area contributed by atoms with Crippen molar-refractivity contribution in [2.75, 3.05) is 0 Å². The fourth-order valence-electron chi connectivity index (χ4n) is 2.58. The number of benzene rings is 2. The minimum Gasteiger partial charge on any atom is -0.506 e. The number of hydrogen-bond donors (Lipinski definition) is 2. The van der Waals surface area contributed by atoms with Gasteiger partial charge in [-0.3, -0.25) is 0 Å². The number of halogens is 4. The van der Waals surface area contributed by atoms with Crippen LogP contribution in [0, 0.1) is 0 Å². The molecule has 0 aromatic heterocycles. The topological polar surface area (TPSA) is 40.5 Å². The molecule has 2 aromatic carbocycles. The molecule has 0 fully saturated rings. The van der Waals surface area contributed by atoms with Crippen LogP contribution in [0.1, 0.15) is 30.9 Å². The van der Waals surface area contributed by atoms with Gasteiger partial charge in [-0.05, 0) is 61.3 Å².